The molecule has 0 bridgehead atoms. The molecule has 0 amide bonds. The number of aryl methyl sites for hydroxylation is 2. The summed E-state index contributed by atoms with van der Waals surface area (Å²) >= 11 is 0. The molecule has 1 N–H and O–H groups in total. The van der Waals surface area contributed by atoms with E-state index in [4.69, 9.17) is 9.40 Å². The van der Waals surface area contributed by atoms with E-state index >= 15 is 0 Å². The summed E-state index contributed by atoms with van der Waals surface area (Å²) < 4.78 is 5.93. The van der Waals surface area contributed by atoms with Crippen molar-refractivity contribution in [2.75, 3.05) is 13.2 Å². The van der Waals surface area contributed by atoms with Crippen molar-refractivity contribution in [2.24, 2.45) is 0 Å². The first-order chi connectivity index (χ1) is 11.2. The lowest BCUT2D eigenvalue weighted by molar-refractivity contribution is 0.111. The lowest BCUT2D eigenvalue weighted by Crippen LogP contribution is -2.39. The van der Waals surface area contributed by atoms with Crippen molar-refractivity contribution in [3.63, 3.8) is 0 Å². The lowest BCUT2D eigenvalue weighted by atomic mass is 9.99. The average molecular weight is 314 g/mol. The van der Waals surface area contributed by atoms with E-state index in [1.165, 1.54) is 24.8 Å². The van der Waals surface area contributed by atoms with Crippen LogP contribution in [0.3, 0.4) is 0 Å². The van der Waals surface area contributed by atoms with Gasteiger partial charge in [-0.2, -0.15) is 0 Å². The van der Waals surface area contributed by atoms with Gasteiger partial charge in [-0.15, -0.1) is 0 Å². The predicted octanol–water partition coefficient (Wildman–Crippen LogP) is 3.70. The molecule has 1 fully saturated rings. The van der Waals surface area contributed by atoms with Gasteiger partial charge in [-0.25, -0.2) is 4.98 Å². The fourth-order valence-corrected chi connectivity index (χ4v) is 3.44. The van der Waals surface area contributed by atoms with E-state index < -0.39 is 0 Å². The molecule has 1 aliphatic heterocycles. The fourth-order valence-electron chi connectivity index (χ4n) is 3.44. The van der Waals surface area contributed by atoms with Gasteiger partial charge < -0.3 is 9.52 Å². The highest BCUT2D eigenvalue weighted by atomic mass is 16.4. The number of rotatable bonds is 5. The van der Waals surface area contributed by atoms with E-state index in [0.717, 1.165) is 36.5 Å². The van der Waals surface area contributed by atoms with Crippen molar-refractivity contribution in [2.45, 2.75) is 52.1 Å². The van der Waals surface area contributed by atoms with E-state index in [1.807, 2.05) is 19.1 Å². The van der Waals surface area contributed by atoms with Gasteiger partial charge in [-0.3, -0.25) is 4.90 Å². The Morgan fingerprint density at radius 3 is 2.87 bits per heavy atom. The SMILES string of the molecule is Cc1ccccc1-c1nc(CN2CCCCC2CCO)c(C)o1. The van der Waals surface area contributed by atoms with E-state index in [2.05, 4.69) is 24.0 Å². The first-order valence-corrected chi connectivity index (χ1v) is 8.56. The van der Waals surface area contributed by atoms with Crippen molar-refractivity contribution < 1.29 is 9.52 Å². The maximum Gasteiger partial charge on any atom is 0.226 e. The van der Waals surface area contributed by atoms with Crippen molar-refractivity contribution >= 4 is 0 Å². The zero-order valence-corrected chi connectivity index (χ0v) is 14.1. The molecule has 2 aromatic rings. The Morgan fingerprint density at radius 2 is 2.09 bits per heavy atom. The van der Waals surface area contributed by atoms with E-state index in [-0.39, 0.29) is 6.61 Å². The Kier molecular flexibility index (Phi) is 5.13. The zero-order chi connectivity index (χ0) is 16.2. The first-order valence-electron chi connectivity index (χ1n) is 8.56. The molecule has 1 aromatic carbocycles. The Morgan fingerprint density at radius 1 is 1.26 bits per heavy atom. The Bertz CT molecular complexity index is 649. The average Bonchev–Trinajstić information content (AvgIpc) is 2.91. The van der Waals surface area contributed by atoms with Gasteiger partial charge in [-0.1, -0.05) is 24.6 Å². The number of aliphatic hydroxyl groups is 1. The molecule has 2 heterocycles. The molecule has 0 saturated carbocycles. The molecule has 0 aliphatic carbocycles. The molecule has 1 aliphatic rings. The minimum atomic E-state index is 0.257. The highest BCUT2D eigenvalue weighted by molar-refractivity contribution is 5.58. The molecule has 1 aromatic heterocycles. The van der Waals surface area contributed by atoms with Crippen LogP contribution in [0.2, 0.25) is 0 Å². The summed E-state index contributed by atoms with van der Waals surface area (Å²) in [4.78, 5) is 7.21. The third-order valence-electron chi connectivity index (χ3n) is 4.83. The summed E-state index contributed by atoms with van der Waals surface area (Å²) in [5, 5.41) is 9.28. The number of piperidine rings is 1. The van der Waals surface area contributed by atoms with E-state index in [9.17, 15) is 5.11 Å². The summed E-state index contributed by atoms with van der Waals surface area (Å²) in [5.74, 6) is 1.61. The molecule has 4 nitrogen and oxygen atoms in total. The van der Waals surface area contributed by atoms with Crippen molar-refractivity contribution in [3.8, 4) is 11.5 Å². The smallest absolute Gasteiger partial charge is 0.226 e. The summed E-state index contributed by atoms with van der Waals surface area (Å²) in [6.45, 7) is 6.22. The van der Waals surface area contributed by atoms with Gasteiger partial charge in [0.05, 0.1) is 5.69 Å². The van der Waals surface area contributed by atoms with Gasteiger partial charge in [0.1, 0.15) is 5.76 Å². The van der Waals surface area contributed by atoms with Gasteiger partial charge in [-0.05, 0) is 51.3 Å². The lowest BCUT2D eigenvalue weighted by Gasteiger charge is -2.35. The van der Waals surface area contributed by atoms with Gasteiger partial charge in [0, 0.05) is 24.8 Å². The van der Waals surface area contributed by atoms with Crippen LogP contribution in [0, 0.1) is 13.8 Å². The molecule has 1 atom stereocenters. The Hall–Kier alpha value is -1.65. The summed E-state index contributed by atoms with van der Waals surface area (Å²) in [5.41, 5.74) is 3.26. The molecule has 0 radical (unpaired) electrons. The van der Waals surface area contributed by atoms with E-state index in [0.29, 0.717) is 11.9 Å². The number of benzene rings is 1. The topological polar surface area (TPSA) is 49.5 Å². The molecule has 1 saturated heterocycles. The largest absolute Gasteiger partial charge is 0.441 e. The number of likely N-dealkylation sites (tertiary alicyclic amines) is 1. The standard InChI is InChI=1S/C19H26N2O2/c1-14-7-3-4-9-17(14)19-20-18(15(2)23-19)13-21-11-6-5-8-16(21)10-12-22/h3-4,7,9,16,22H,5-6,8,10-13H2,1-2H3. The fraction of sp³-hybridized carbons (Fsp3) is 0.526. The third kappa shape index (κ3) is 3.65. The second-order valence-corrected chi connectivity index (χ2v) is 6.47. The normalized spacial score (nSPS) is 19.2. The second-order valence-electron chi connectivity index (χ2n) is 6.47. The summed E-state index contributed by atoms with van der Waals surface area (Å²) in [7, 11) is 0. The van der Waals surface area contributed by atoms with Gasteiger partial charge >= 0.3 is 0 Å². The minimum Gasteiger partial charge on any atom is -0.441 e. The van der Waals surface area contributed by atoms with Gasteiger partial charge in [0.2, 0.25) is 5.89 Å². The molecule has 23 heavy (non-hydrogen) atoms. The van der Waals surface area contributed by atoms with Crippen molar-refractivity contribution in [1.29, 1.82) is 0 Å². The number of aromatic nitrogens is 1. The van der Waals surface area contributed by atoms with Gasteiger partial charge in [0.25, 0.3) is 0 Å². The second kappa shape index (κ2) is 7.28. The van der Waals surface area contributed by atoms with Crippen LogP contribution in [0.1, 0.15) is 42.7 Å². The van der Waals surface area contributed by atoms with Gasteiger partial charge in [0.15, 0.2) is 0 Å². The zero-order valence-electron chi connectivity index (χ0n) is 14.1. The number of hydrogen-bond donors (Lipinski definition) is 1. The maximum atomic E-state index is 9.28. The number of nitrogens with zero attached hydrogens (tertiary/aromatic N) is 2. The Labute approximate surface area is 138 Å². The van der Waals surface area contributed by atoms with Crippen LogP contribution >= 0.6 is 0 Å². The van der Waals surface area contributed by atoms with Crippen LogP contribution in [-0.2, 0) is 6.54 Å². The first kappa shape index (κ1) is 16.2. The maximum absolute atomic E-state index is 9.28. The Balaban J connectivity index is 1.80. The van der Waals surface area contributed by atoms with Crippen LogP contribution in [0.15, 0.2) is 28.7 Å². The number of oxazole rings is 1. The predicted molar refractivity (Wildman–Crippen MR) is 91.2 cm³/mol. The molecule has 124 valence electrons. The summed E-state index contributed by atoms with van der Waals surface area (Å²) in [6, 6.07) is 8.65. The van der Waals surface area contributed by atoms with Crippen molar-refractivity contribution in [3.05, 3.63) is 41.3 Å². The molecular weight excluding hydrogens is 288 g/mol. The molecule has 0 spiro atoms. The number of aliphatic hydroxyl groups excluding tert-OH is 1. The highest BCUT2D eigenvalue weighted by Crippen LogP contribution is 2.27. The van der Waals surface area contributed by atoms with Crippen LogP contribution in [0.5, 0.6) is 0 Å². The van der Waals surface area contributed by atoms with Crippen LogP contribution in [-0.4, -0.2) is 34.2 Å². The summed E-state index contributed by atoms with van der Waals surface area (Å²) in [6.07, 6.45) is 4.50. The quantitative estimate of drug-likeness (QED) is 0.914. The molecular formula is C19H26N2O2. The van der Waals surface area contributed by atoms with Crippen molar-refractivity contribution in [1.82, 2.24) is 9.88 Å². The molecule has 3 rings (SSSR count). The minimum absolute atomic E-state index is 0.257. The number of hydrogen-bond acceptors (Lipinski definition) is 4. The molecule has 4 heteroatoms. The highest BCUT2D eigenvalue weighted by Gasteiger charge is 2.24. The third-order valence-corrected chi connectivity index (χ3v) is 4.83. The molecule has 1 unspecified atom stereocenters. The van der Waals surface area contributed by atoms with Crippen LogP contribution < -0.4 is 0 Å². The monoisotopic (exact) mass is 314 g/mol. The van der Waals surface area contributed by atoms with E-state index in [1.54, 1.807) is 0 Å². The van der Waals surface area contributed by atoms with Crippen LogP contribution in [0.4, 0.5) is 0 Å². The van der Waals surface area contributed by atoms with Crippen LogP contribution in [0.25, 0.3) is 11.5 Å².